The number of nitrogens with zero attached hydrogens (tertiary/aromatic N) is 6. The van der Waals surface area contributed by atoms with Gasteiger partial charge in [-0.2, -0.15) is 5.10 Å². The van der Waals surface area contributed by atoms with E-state index in [9.17, 15) is 4.79 Å². The number of imidazole rings is 2. The molecule has 0 aliphatic carbocycles. The molecule has 4 heterocycles. The first-order valence-electron chi connectivity index (χ1n) is 7.97. The standard InChI is InChI=1S/C17H16N6OS/c1-3-14-13(20-15-5-4-12(11(2)24)21-23(14)15)10-22-8-6-18-16(22)17-19-7-9-25-17/h4-9H,3,10H2,1-2H3. The first kappa shape index (κ1) is 15.6. The van der Waals surface area contributed by atoms with Gasteiger partial charge in [0.15, 0.2) is 22.3 Å². The van der Waals surface area contributed by atoms with Crippen LogP contribution in [0.1, 0.15) is 35.7 Å². The number of carbonyl (C=O) groups excluding carboxylic acids is 1. The van der Waals surface area contributed by atoms with Gasteiger partial charge in [0.25, 0.3) is 0 Å². The summed E-state index contributed by atoms with van der Waals surface area (Å²) in [5.41, 5.74) is 3.11. The molecule has 0 bridgehead atoms. The van der Waals surface area contributed by atoms with E-state index in [2.05, 4.69) is 22.0 Å². The van der Waals surface area contributed by atoms with Crippen LogP contribution in [0.4, 0.5) is 0 Å². The quantitative estimate of drug-likeness (QED) is 0.516. The number of carbonyl (C=O) groups is 1. The molecule has 0 atom stereocenters. The average molecular weight is 352 g/mol. The van der Waals surface area contributed by atoms with Crippen LogP contribution in [0.3, 0.4) is 0 Å². The van der Waals surface area contributed by atoms with Crippen molar-refractivity contribution in [1.29, 1.82) is 0 Å². The third-order valence-electron chi connectivity index (χ3n) is 4.01. The van der Waals surface area contributed by atoms with E-state index >= 15 is 0 Å². The van der Waals surface area contributed by atoms with Gasteiger partial charge >= 0.3 is 0 Å². The number of aryl methyl sites for hydroxylation is 1. The van der Waals surface area contributed by atoms with E-state index in [4.69, 9.17) is 4.98 Å². The largest absolute Gasteiger partial charge is 0.323 e. The topological polar surface area (TPSA) is 78.0 Å². The van der Waals surface area contributed by atoms with Gasteiger partial charge < -0.3 is 4.57 Å². The Hall–Kier alpha value is -2.87. The Labute approximate surface area is 148 Å². The van der Waals surface area contributed by atoms with Crippen LogP contribution in [0, 0.1) is 0 Å². The highest BCUT2D eigenvalue weighted by atomic mass is 32.1. The van der Waals surface area contributed by atoms with E-state index in [-0.39, 0.29) is 5.78 Å². The summed E-state index contributed by atoms with van der Waals surface area (Å²) in [4.78, 5) is 25.1. The molecule has 0 aromatic carbocycles. The van der Waals surface area contributed by atoms with Crippen LogP contribution in [0.25, 0.3) is 16.5 Å². The zero-order valence-corrected chi connectivity index (χ0v) is 14.7. The molecule has 0 fully saturated rings. The molecule has 25 heavy (non-hydrogen) atoms. The van der Waals surface area contributed by atoms with Crippen LogP contribution in [0.5, 0.6) is 0 Å². The van der Waals surface area contributed by atoms with Crippen LogP contribution < -0.4 is 0 Å². The van der Waals surface area contributed by atoms with Crippen molar-refractivity contribution in [2.24, 2.45) is 0 Å². The van der Waals surface area contributed by atoms with Crippen molar-refractivity contribution in [2.45, 2.75) is 26.8 Å². The molecular weight excluding hydrogens is 336 g/mol. The predicted octanol–water partition coefficient (Wildman–Crippen LogP) is 2.86. The molecule has 4 rings (SSSR count). The van der Waals surface area contributed by atoms with E-state index in [0.29, 0.717) is 12.2 Å². The van der Waals surface area contributed by atoms with E-state index in [1.807, 2.05) is 22.2 Å². The second-order valence-electron chi connectivity index (χ2n) is 5.62. The Kier molecular flexibility index (Phi) is 3.89. The van der Waals surface area contributed by atoms with Crippen LogP contribution in [-0.4, -0.2) is 34.9 Å². The SMILES string of the molecule is CCc1c(Cn2ccnc2-c2nccs2)nc2ccc(C(C)=O)nn12. The highest BCUT2D eigenvalue weighted by Crippen LogP contribution is 2.22. The van der Waals surface area contributed by atoms with Gasteiger partial charge in [0.2, 0.25) is 0 Å². The molecule has 0 saturated carbocycles. The highest BCUT2D eigenvalue weighted by Gasteiger charge is 2.16. The average Bonchev–Trinajstić information content (AvgIpc) is 3.33. The van der Waals surface area contributed by atoms with Crippen molar-refractivity contribution in [3.63, 3.8) is 0 Å². The summed E-state index contributed by atoms with van der Waals surface area (Å²) in [5.74, 6) is 0.770. The highest BCUT2D eigenvalue weighted by molar-refractivity contribution is 7.13. The fraction of sp³-hybridized carbons (Fsp3) is 0.235. The summed E-state index contributed by atoms with van der Waals surface area (Å²) in [6.45, 7) is 4.16. The van der Waals surface area contributed by atoms with Crippen LogP contribution in [0.15, 0.2) is 36.1 Å². The Morgan fingerprint density at radius 1 is 1.24 bits per heavy atom. The van der Waals surface area contributed by atoms with Crippen molar-refractivity contribution in [1.82, 2.24) is 29.1 Å². The Morgan fingerprint density at radius 2 is 2.12 bits per heavy atom. The van der Waals surface area contributed by atoms with Gasteiger partial charge in [-0.1, -0.05) is 6.92 Å². The molecule has 0 radical (unpaired) electrons. The lowest BCUT2D eigenvalue weighted by Gasteiger charge is -2.06. The molecule has 7 nitrogen and oxygen atoms in total. The second kappa shape index (κ2) is 6.21. The van der Waals surface area contributed by atoms with Gasteiger partial charge in [-0.05, 0) is 18.6 Å². The Morgan fingerprint density at radius 3 is 2.84 bits per heavy atom. The lowest BCUT2D eigenvalue weighted by atomic mass is 10.2. The monoisotopic (exact) mass is 352 g/mol. The summed E-state index contributed by atoms with van der Waals surface area (Å²) in [7, 11) is 0. The number of hydrogen-bond acceptors (Lipinski definition) is 6. The molecule has 126 valence electrons. The maximum Gasteiger partial charge on any atom is 0.179 e. The number of rotatable bonds is 5. The minimum Gasteiger partial charge on any atom is -0.323 e. The second-order valence-corrected chi connectivity index (χ2v) is 6.51. The first-order valence-corrected chi connectivity index (χ1v) is 8.84. The van der Waals surface area contributed by atoms with E-state index in [1.165, 1.54) is 6.92 Å². The smallest absolute Gasteiger partial charge is 0.179 e. The lowest BCUT2D eigenvalue weighted by Crippen LogP contribution is -2.07. The number of aromatic nitrogens is 6. The van der Waals surface area contributed by atoms with Crippen LogP contribution in [-0.2, 0) is 13.0 Å². The molecule has 0 spiro atoms. The minimum atomic E-state index is -0.0557. The molecule has 0 unspecified atom stereocenters. The summed E-state index contributed by atoms with van der Waals surface area (Å²) in [6, 6.07) is 3.55. The maximum atomic E-state index is 11.6. The first-order chi connectivity index (χ1) is 12.2. The molecule has 0 amide bonds. The van der Waals surface area contributed by atoms with E-state index in [1.54, 1.807) is 34.3 Å². The molecule has 0 aliphatic rings. The van der Waals surface area contributed by atoms with Gasteiger partial charge in [0.1, 0.15) is 5.69 Å². The zero-order valence-electron chi connectivity index (χ0n) is 13.9. The minimum absolute atomic E-state index is 0.0557. The molecule has 0 aliphatic heterocycles. The van der Waals surface area contributed by atoms with Crippen LogP contribution in [0.2, 0.25) is 0 Å². The van der Waals surface area contributed by atoms with Gasteiger partial charge in [-0.3, -0.25) is 4.79 Å². The summed E-state index contributed by atoms with van der Waals surface area (Å²) < 4.78 is 3.80. The molecule has 4 aromatic heterocycles. The predicted molar refractivity (Wildman–Crippen MR) is 94.8 cm³/mol. The van der Waals surface area contributed by atoms with Crippen molar-refractivity contribution in [2.75, 3.05) is 0 Å². The number of thiazole rings is 1. The molecular formula is C17H16N6OS. The van der Waals surface area contributed by atoms with E-state index < -0.39 is 0 Å². The van der Waals surface area contributed by atoms with Crippen molar-refractivity contribution < 1.29 is 4.79 Å². The van der Waals surface area contributed by atoms with E-state index in [0.717, 1.165) is 34.3 Å². The summed E-state index contributed by atoms with van der Waals surface area (Å²) in [6.07, 6.45) is 6.24. The number of Topliss-reactive ketones (excluding diaryl/α,β-unsaturated/α-hetero) is 1. The molecule has 8 heteroatoms. The Balaban J connectivity index is 1.78. The number of hydrogen-bond donors (Lipinski definition) is 0. The van der Waals surface area contributed by atoms with Gasteiger partial charge in [0.05, 0.1) is 17.9 Å². The van der Waals surface area contributed by atoms with Crippen molar-refractivity contribution >= 4 is 22.8 Å². The zero-order chi connectivity index (χ0) is 17.4. The fourth-order valence-electron chi connectivity index (χ4n) is 2.82. The Bertz CT molecular complexity index is 1050. The normalized spacial score (nSPS) is 11.3. The molecule has 4 aromatic rings. The summed E-state index contributed by atoms with van der Waals surface area (Å²) >= 11 is 1.56. The van der Waals surface area contributed by atoms with Crippen LogP contribution >= 0.6 is 11.3 Å². The molecule has 0 N–H and O–H groups in total. The van der Waals surface area contributed by atoms with Crippen molar-refractivity contribution in [3.05, 3.63) is 53.2 Å². The third kappa shape index (κ3) is 2.74. The third-order valence-corrected chi connectivity index (χ3v) is 4.78. The maximum absolute atomic E-state index is 11.6. The summed E-state index contributed by atoms with van der Waals surface area (Å²) in [5, 5.41) is 7.25. The van der Waals surface area contributed by atoms with Gasteiger partial charge in [-0.15, -0.1) is 11.3 Å². The fourth-order valence-corrected chi connectivity index (χ4v) is 3.47. The van der Waals surface area contributed by atoms with Gasteiger partial charge in [-0.25, -0.2) is 19.5 Å². The molecule has 0 saturated heterocycles. The van der Waals surface area contributed by atoms with Gasteiger partial charge in [0, 0.05) is 30.9 Å². The lowest BCUT2D eigenvalue weighted by molar-refractivity contribution is 0.101. The van der Waals surface area contributed by atoms with Crippen molar-refractivity contribution in [3.8, 4) is 10.8 Å². The number of fused-ring (bicyclic) bond motifs is 1. The number of ketones is 1.